The van der Waals surface area contributed by atoms with Crippen LogP contribution in [-0.2, 0) is 0 Å². The van der Waals surface area contributed by atoms with Crippen molar-refractivity contribution in [3.8, 4) is 5.69 Å². The summed E-state index contributed by atoms with van der Waals surface area (Å²) in [4.78, 5) is 23.2. The van der Waals surface area contributed by atoms with Crippen LogP contribution in [0.1, 0.15) is 48.8 Å². The van der Waals surface area contributed by atoms with Gasteiger partial charge in [-0.3, -0.25) is 4.79 Å². The normalized spacial score (nSPS) is 12.4. The minimum atomic E-state index is -0.0959. The van der Waals surface area contributed by atoms with Crippen LogP contribution in [0.2, 0.25) is 0 Å². The molecular formula is C21H23N7O. The smallest absolute Gasteiger partial charge is 0.255 e. The van der Waals surface area contributed by atoms with Gasteiger partial charge in [0.1, 0.15) is 12.7 Å². The Balaban J connectivity index is 1.54. The fraction of sp³-hybridized carbons (Fsp3) is 0.286. The molecule has 0 bridgehead atoms. The highest BCUT2D eigenvalue weighted by Crippen LogP contribution is 2.23. The molecule has 8 nitrogen and oxygen atoms in total. The average Bonchev–Trinajstić information content (AvgIpc) is 3.41. The maximum atomic E-state index is 13.0. The molecule has 0 aliphatic heterocycles. The van der Waals surface area contributed by atoms with Gasteiger partial charge >= 0.3 is 0 Å². The third kappa shape index (κ3) is 3.49. The molecule has 0 saturated carbocycles. The maximum Gasteiger partial charge on any atom is 0.255 e. The van der Waals surface area contributed by atoms with Crippen LogP contribution in [0.3, 0.4) is 0 Å². The first-order valence-corrected chi connectivity index (χ1v) is 9.51. The highest BCUT2D eigenvalue weighted by Gasteiger charge is 2.20. The Labute approximate surface area is 168 Å². The third-order valence-corrected chi connectivity index (χ3v) is 5.13. The minimum Gasteiger partial charge on any atom is -0.335 e. The van der Waals surface area contributed by atoms with E-state index in [-0.39, 0.29) is 18.0 Å². The number of carbonyl (C=O) groups excluding carboxylic acids is 1. The fourth-order valence-electron chi connectivity index (χ4n) is 3.29. The van der Waals surface area contributed by atoms with Gasteiger partial charge in [-0.1, -0.05) is 12.1 Å². The minimum absolute atomic E-state index is 0.0791. The van der Waals surface area contributed by atoms with Crippen LogP contribution in [0.25, 0.3) is 16.7 Å². The topological polar surface area (TPSA) is 81.7 Å². The third-order valence-electron chi connectivity index (χ3n) is 5.13. The molecule has 0 N–H and O–H groups in total. The lowest BCUT2D eigenvalue weighted by Gasteiger charge is -2.25. The van der Waals surface area contributed by atoms with E-state index in [9.17, 15) is 4.79 Å². The Morgan fingerprint density at radius 2 is 1.83 bits per heavy atom. The summed E-state index contributed by atoms with van der Waals surface area (Å²) in [6, 6.07) is 9.90. The number of aromatic nitrogens is 6. The summed E-state index contributed by atoms with van der Waals surface area (Å²) in [5, 5.41) is 9.36. The molecule has 4 rings (SSSR count). The largest absolute Gasteiger partial charge is 0.335 e. The number of hydrogen-bond acceptors (Lipinski definition) is 5. The summed E-state index contributed by atoms with van der Waals surface area (Å²) in [7, 11) is 1.81. The molecule has 0 fully saturated rings. The quantitative estimate of drug-likeness (QED) is 0.522. The van der Waals surface area contributed by atoms with Crippen LogP contribution in [0.5, 0.6) is 0 Å². The summed E-state index contributed by atoms with van der Waals surface area (Å²) < 4.78 is 3.55. The molecule has 0 saturated heterocycles. The second-order valence-electron chi connectivity index (χ2n) is 7.34. The van der Waals surface area contributed by atoms with Crippen LogP contribution in [0, 0.1) is 0 Å². The SMILES string of the molecule is CC(c1ccc(-n2cncn2)cc1)N(C)C(=O)c1cnc2c(cnn2C(C)C)c1. The second kappa shape index (κ2) is 7.46. The number of rotatable bonds is 5. The molecule has 1 atom stereocenters. The van der Waals surface area contributed by atoms with Gasteiger partial charge in [-0.25, -0.2) is 19.3 Å². The van der Waals surface area contributed by atoms with E-state index in [0.29, 0.717) is 5.56 Å². The van der Waals surface area contributed by atoms with E-state index in [0.717, 1.165) is 22.3 Å². The molecule has 0 radical (unpaired) electrons. The van der Waals surface area contributed by atoms with Gasteiger partial charge in [0.05, 0.1) is 23.5 Å². The molecule has 29 heavy (non-hydrogen) atoms. The van der Waals surface area contributed by atoms with Gasteiger partial charge < -0.3 is 4.90 Å². The lowest BCUT2D eigenvalue weighted by atomic mass is 10.1. The van der Waals surface area contributed by atoms with Crippen molar-refractivity contribution < 1.29 is 4.79 Å². The molecule has 0 spiro atoms. The first-order chi connectivity index (χ1) is 14.0. The van der Waals surface area contributed by atoms with Crippen molar-refractivity contribution in [2.45, 2.75) is 32.9 Å². The van der Waals surface area contributed by atoms with E-state index in [1.165, 1.54) is 6.33 Å². The Morgan fingerprint density at radius 3 is 2.48 bits per heavy atom. The lowest BCUT2D eigenvalue weighted by Crippen LogP contribution is -2.29. The molecule has 0 aliphatic carbocycles. The van der Waals surface area contributed by atoms with Gasteiger partial charge in [0.15, 0.2) is 5.65 Å². The summed E-state index contributed by atoms with van der Waals surface area (Å²) in [5.41, 5.74) is 3.29. The van der Waals surface area contributed by atoms with Gasteiger partial charge in [-0.2, -0.15) is 10.2 Å². The van der Waals surface area contributed by atoms with Crippen molar-refractivity contribution in [2.75, 3.05) is 7.05 Å². The second-order valence-corrected chi connectivity index (χ2v) is 7.34. The summed E-state index contributed by atoms with van der Waals surface area (Å²) in [5.74, 6) is -0.0791. The molecule has 3 aromatic heterocycles. The fourth-order valence-corrected chi connectivity index (χ4v) is 3.29. The van der Waals surface area contributed by atoms with E-state index in [4.69, 9.17) is 0 Å². The first kappa shape index (κ1) is 18.8. The Hall–Kier alpha value is -3.55. The highest BCUT2D eigenvalue weighted by molar-refractivity contribution is 5.96. The van der Waals surface area contributed by atoms with E-state index < -0.39 is 0 Å². The molecule has 148 valence electrons. The lowest BCUT2D eigenvalue weighted by molar-refractivity contribution is 0.0742. The van der Waals surface area contributed by atoms with Crippen molar-refractivity contribution >= 4 is 16.9 Å². The number of pyridine rings is 1. The van der Waals surface area contributed by atoms with Crippen molar-refractivity contribution in [2.24, 2.45) is 0 Å². The van der Waals surface area contributed by atoms with Crippen molar-refractivity contribution in [3.05, 3.63) is 66.5 Å². The summed E-state index contributed by atoms with van der Waals surface area (Å²) in [6.45, 7) is 6.11. The van der Waals surface area contributed by atoms with E-state index >= 15 is 0 Å². The van der Waals surface area contributed by atoms with Gasteiger partial charge in [0, 0.05) is 24.7 Å². The number of benzene rings is 1. The van der Waals surface area contributed by atoms with Crippen molar-refractivity contribution in [1.29, 1.82) is 0 Å². The zero-order chi connectivity index (χ0) is 20.5. The number of nitrogens with zero attached hydrogens (tertiary/aromatic N) is 7. The highest BCUT2D eigenvalue weighted by atomic mass is 16.2. The average molecular weight is 389 g/mol. The molecule has 1 amide bonds. The van der Waals surface area contributed by atoms with Gasteiger partial charge in [0.25, 0.3) is 5.91 Å². The zero-order valence-electron chi connectivity index (χ0n) is 16.9. The molecule has 1 unspecified atom stereocenters. The molecule has 3 heterocycles. The predicted octanol–water partition coefficient (Wildman–Crippen LogP) is 3.43. The number of carbonyl (C=O) groups is 1. The summed E-state index contributed by atoms with van der Waals surface area (Å²) in [6.07, 6.45) is 6.53. The van der Waals surface area contributed by atoms with Crippen LogP contribution < -0.4 is 0 Å². The molecule has 8 heteroatoms. The predicted molar refractivity (Wildman–Crippen MR) is 110 cm³/mol. The number of amides is 1. The van der Waals surface area contributed by atoms with Gasteiger partial charge in [-0.05, 0) is 44.5 Å². The van der Waals surface area contributed by atoms with E-state index in [2.05, 4.69) is 34.0 Å². The van der Waals surface area contributed by atoms with Crippen LogP contribution in [0.4, 0.5) is 0 Å². The molecular weight excluding hydrogens is 366 g/mol. The summed E-state index contributed by atoms with van der Waals surface area (Å²) >= 11 is 0. The number of hydrogen-bond donors (Lipinski definition) is 0. The Kier molecular flexibility index (Phi) is 4.84. The van der Waals surface area contributed by atoms with Gasteiger partial charge in [-0.15, -0.1) is 0 Å². The monoisotopic (exact) mass is 389 g/mol. The number of fused-ring (bicyclic) bond motifs is 1. The Morgan fingerprint density at radius 1 is 1.07 bits per heavy atom. The standard InChI is InChI=1S/C21H23N7O/c1-14(2)28-20-17(11-24-28)9-18(10-23-20)21(29)26(4)15(3)16-5-7-19(8-6-16)27-13-22-12-25-27/h5-15H,1-4H3. The van der Waals surface area contributed by atoms with Crippen LogP contribution in [-0.4, -0.2) is 47.4 Å². The first-order valence-electron chi connectivity index (χ1n) is 9.51. The molecule has 4 aromatic rings. The van der Waals surface area contributed by atoms with Crippen LogP contribution in [0.15, 0.2) is 55.4 Å². The van der Waals surface area contributed by atoms with Gasteiger partial charge in [0.2, 0.25) is 0 Å². The van der Waals surface area contributed by atoms with Crippen LogP contribution >= 0.6 is 0 Å². The van der Waals surface area contributed by atoms with Crippen molar-refractivity contribution in [3.63, 3.8) is 0 Å². The zero-order valence-corrected chi connectivity index (χ0v) is 16.9. The Bertz CT molecular complexity index is 1130. The maximum absolute atomic E-state index is 13.0. The molecule has 1 aromatic carbocycles. The van der Waals surface area contributed by atoms with E-state index in [1.54, 1.807) is 35.4 Å². The van der Waals surface area contributed by atoms with E-state index in [1.807, 2.05) is 41.9 Å². The molecule has 0 aliphatic rings. The van der Waals surface area contributed by atoms with Crippen molar-refractivity contribution in [1.82, 2.24) is 34.4 Å².